The fourth-order valence-electron chi connectivity index (χ4n) is 3.56. The SMILES string of the molecule is C[C@H]1CN(C(=O)CN2C(=O)CN(C)C2=O)Cc2nnc(-c3ccccc3)n21. The van der Waals surface area contributed by atoms with Crippen molar-refractivity contribution in [2.45, 2.75) is 19.5 Å². The molecule has 1 saturated heterocycles. The van der Waals surface area contributed by atoms with Gasteiger partial charge in [0, 0.05) is 19.2 Å². The minimum atomic E-state index is -0.437. The minimum absolute atomic E-state index is 0.0112. The number of hydrogen-bond donors (Lipinski definition) is 0. The molecule has 1 fully saturated rings. The van der Waals surface area contributed by atoms with Crippen LogP contribution in [0, 0.1) is 0 Å². The van der Waals surface area contributed by atoms with Crippen molar-refractivity contribution in [3.05, 3.63) is 36.2 Å². The average Bonchev–Trinajstić information content (AvgIpc) is 3.19. The van der Waals surface area contributed by atoms with Crippen LogP contribution in [0.5, 0.6) is 0 Å². The number of aromatic nitrogens is 3. The van der Waals surface area contributed by atoms with Gasteiger partial charge in [-0.15, -0.1) is 10.2 Å². The van der Waals surface area contributed by atoms with Crippen molar-refractivity contribution < 1.29 is 14.4 Å². The van der Waals surface area contributed by atoms with Gasteiger partial charge in [-0.1, -0.05) is 30.3 Å². The van der Waals surface area contributed by atoms with Crippen molar-refractivity contribution in [2.75, 3.05) is 26.7 Å². The van der Waals surface area contributed by atoms with Gasteiger partial charge in [0.1, 0.15) is 13.1 Å². The summed E-state index contributed by atoms with van der Waals surface area (Å²) in [6.45, 7) is 2.54. The summed E-state index contributed by atoms with van der Waals surface area (Å²) in [5, 5.41) is 8.55. The Morgan fingerprint density at radius 2 is 1.89 bits per heavy atom. The molecule has 9 heteroatoms. The number of hydrogen-bond acceptors (Lipinski definition) is 5. The first-order chi connectivity index (χ1) is 13.0. The maximum absolute atomic E-state index is 12.7. The van der Waals surface area contributed by atoms with Crippen LogP contribution in [0.25, 0.3) is 11.4 Å². The lowest BCUT2D eigenvalue weighted by molar-refractivity contribution is -0.138. The summed E-state index contributed by atoms with van der Waals surface area (Å²) in [4.78, 5) is 40.5. The van der Waals surface area contributed by atoms with E-state index in [2.05, 4.69) is 10.2 Å². The molecule has 9 nitrogen and oxygen atoms in total. The summed E-state index contributed by atoms with van der Waals surface area (Å²) in [6.07, 6.45) is 0. The Balaban J connectivity index is 1.53. The summed E-state index contributed by atoms with van der Waals surface area (Å²) >= 11 is 0. The van der Waals surface area contributed by atoms with Crippen LogP contribution >= 0.6 is 0 Å². The lowest BCUT2D eigenvalue weighted by Gasteiger charge is -2.33. The first kappa shape index (κ1) is 17.2. The van der Waals surface area contributed by atoms with Crippen LogP contribution in [0.4, 0.5) is 4.79 Å². The number of nitrogens with zero attached hydrogens (tertiary/aromatic N) is 6. The molecule has 0 saturated carbocycles. The van der Waals surface area contributed by atoms with Crippen LogP contribution in [0.2, 0.25) is 0 Å². The second kappa shape index (κ2) is 6.49. The molecule has 0 bridgehead atoms. The summed E-state index contributed by atoms with van der Waals surface area (Å²) in [7, 11) is 1.54. The Hall–Kier alpha value is -3.23. The Labute approximate surface area is 156 Å². The van der Waals surface area contributed by atoms with Crippen LogP contribution in [-0.4, -0.2) is 74.0 Å². The minimum Gasteiger partial charge on any atom is -0.332 e. The molecule has 140 valence electrons. The van der Waals surface area contributed by atoms with Gasteiger partial charge in [-0.05, 0) is 6.92 Å². The number of carbonyl (C=O) groups excluding carboxylic acids is 3. The van der Waals surface area contributed by atoms with Crippen molar-refractivity contribution in [2.24, 2.45) is 0 Å². The summed E-state index contributed by atoms with van der Waals surface area (Å²) in [6, 6.07) is 9.33. The van der Waals surface area contributed by atoms with E-state index in [4.69, 9.17) is 0 Å². The summed E-state index contributed by atoms with van der Waals surface area (Å²) < 4.78 is 2.04. The number of fused-ring (bicyclic) bond motifs is 1. The van der Waals surface area contributed by atoms with Gasteiger partial charge in [0.25, 0.3) is 5.91 Å². The predicted octanol–water partition coefficient (Wildman–Crippen LogP) is 0.742. The fraction of sp³-hybridized carbons (Fsp3) is 0.389. The highest BCUT2D eigenvalue weighted by molar-refractivity contribution is 6.04. The lowest BCUT2D eigenvalue weighted by atomic mass is 10.1. The second-order valence-electron chi connectivity index (χ2n) is 6.92. The van der Waals surface area contributed by atoms with E-state index >= 15 is 0 Å². The molecule has 4 amide bonds. The molecule has 2 aliphatic rings. The highest BCUT2D eigenvalue weighted by Crippen LogP contribution is 2.27. The van der Waals surface area contributed by atoms with Gasteiger partial charge in [0.15, 0.2) is 11.6 Å². The van der Waals surface area contributed by atoms with Gasteiger partial charge >= 0.3 is 6.03 Å². The Morgan fingerprint density at radius 3 is 2.56 bits per heavy atom. The Bertz CT molecular complexity index is 909. The summed E-state index contributed by atoms with van der Waals surface area (Å²) in [5.74, 6) is 0.846. The molecule has 27 heavy (non-hydrogen) atoms. The molecule has 0 radical (unpaired) electrons. The standard InChI is InChI=1S/C18H20N6O3/c1-12-8-22(15(25)11-23-16(26)10-21(2)18(23)27)9-14-19-20-17(24(12)14)13-6-4-3-5-7-13/h3-7,12H,8-11H2,1-2H3/t12-/m0/s1. The highest BCUT2D eigenvalue weighted by Gasteiger charge is 2.37. The normalized spacial score (nSPS) is 19.6. The maximum Gasteiger partial charge on any atom is 0.327 e. The van der Waals surface area contributed by atoms with Crippen molar-refractivity contribution >= 4 is 17.8 Å². The number of imide groups is 1. The van der Waals surface area contributed by atoms with Gasteiger partial charge in [0.2, 0.25) is 5.91 Å². The van der Waals surface area contributed by atoms with Crippen LogP contribution in [0.15, 0.2) is 30.3 Å². The molecular weight excluding hydrogens is 348 g/mol. The smallest absolute Gasteiger partial charge is 0.327 e. The number of benzene rings is 1. The van der Waals surface area contributed by atoms with Gasteiger partial charge in [-0.2, -0.15) is 0 Å². The number of rotatable bonds is 3. The van der Waals surface area contributed by atoms with E-state index in [1.54, 1.807) is 11.9 Å². The monoisotopic (exact) mass is 368 g/mol. The third-order valence-electron chi connectivity index (χ3n) is 4.93. The topological polar surface area (TPSA) is 91.6 Å². The first-order valence-electron chi connectivity index (χ1n) is 8.78. The van der Waals surface area contributed by atoms with E-state index in [1.807, 2.05) is 41.8 Å². The maximum atomic E-state index is 12.7. The van der Waals surface area contributed by atoms with Crippen LogP contribution in [0.1, 0.15) is 18.8 Å². The third kappa shape index (κ3) is 2.94. The van der Waals surface area contributed by atoms with Gasteiger partial charge in [-0.25, -0.2) is 4.79 Å². The Morgan fingerprint density at radius 1 is 1.15 bits per heavy atom. The Kier molecular flexibility index (Phi) is 4.14. The van der Waals surface area contributed by atoms with E-state index in [9.17, 15) is 14.4 Å². The number of carbonyl (C=O) groups is 3. The van der Waals surface area contributed by atoms with Gasteiger partial charge in [-0.3, -0.25) is 14.5 Å². The number of likely N-dealkylation sites (N-methyl/N-ethyl adjacent to an activating group) is 1. The number of urea groups is 1. The van der Waals surface area contributed by atoms with Crippen molar-refractivity contribution in [3.8, 4) is 11.4 Å². The second-order valence-corrected chi connectivity index (χ2v) is 6.92. The molecule has 4 rings (SSSR count). The zero-order valence-corrected chi connectivity index (χ0v) is 15.2. The zero-order chi connectivity index (χ0) is 19.1. The lowest BCUT2D eigenvalue weighted by Crippen LogP contribution is -2.46. The van der Waals surface area contributed by atoms with E-state index in [1.165, 1.54) is 4.90 Å². The molecule has 3 heterocycles. The molecule has 1 aromatic heterocycles. The molecule has 1 atom stereocenters. The highest BCUT2D eigenvalue weighted by atomic mass is 16.2. The molecule has 2 aliphatic heterocycles. The third-order valence-corrected chi connectivity index (χ3v) is 4.93. The molecular formula is C18H20N6O3. The van der Waals surface area contributed by atoms with Crippen LogP contribution in [-0.2, 0) is 16.1 Å². The molecule has 0 unspecified atom stereocenters. The van der Waals surface area contributed by atoms with Crippen LogP contribution in [0.3, 0.4) is 0 Å². The largest absolute Gasteiger partial charge is 0.332 e. The van der Waals surface area contributed by atoms with E-state index in [0.717, 1.165) is 16.3 Å². The molecule has 2 aromatic rings. The van der Waals surface area contributed by atoms with Gasteiger partial charge < -0.3 is 14.4 Å². The van der Waals surface area contributed by atoms with E-state index in [0.29, 0.717) is 18.9 Å². The molecule has 0 N–H and O–H groups in total. The quantitative estimate of drug-likeness (QED) is 0.746. The molecule has 0 aliphatic carbocycles. The van der Waals surface area contributed by atoms with Crippen molar-refractivity contribution in [3.63, 3.8) is 0 Å². The molecule has 1 aromatic carbocycles. The molecule has 0 spiro atoms. The van der Waals surface area contributed by atoms with Crippen LogP contribution < -0.4 is 0 Å². The number of amides is 4. The first-order valence-corrected chi connectivity index (χ1v) is 8.78. The van der Waals surface area contributed by atoms with E-state index < -0.39 is 6.03 Å². The predicted molar refractivity (Wildman–Crippen MR) is 95.3 cm³/mol. The average molecular weight is 368 g/mol. The van der Waals surface area contributed by atoms with Crippen molar-refractivity contribution in [1.82, 2.24) is 29.5 Å². The summed E-state index contributed by atoms with van der Waals surface area (Å²) in [5.41, 5.74) is 0.971. The van der Waals surface area contributed by atoms with E-state index in [-0.39, 0.29) is 30.9 Å². The zero-order valence-electron chi connectivity index (χ0n) is 15.2. The van der Waals surface area contributed by atoms with Crippen molar-refractivity contribution in [1.29, 1.82) is 0 Å². The fourth-order valence-corrected chi connectivity index (χ4v) is 3.56. The van der Waals surface area contributed by atoms with Gasteiger partial charge in [0.05, 0.1) is 12.6 Å².